The van der Waals surface area contributed by atoms with Crippen molar-refractivity contribution in [2.75, 3.05) is 0 Å². The molecule has 1 rings (SSSR count). The smallest absolute Gasteiger partial charge is 0.335 e. The Morgan fingerprint density at radius 3 is 2.57 bits per heavy atom. The van der Waals surface area contributed by atoms with E-state index in [0.717, 1.165) is 12.5 Å². The number of rotatable bonds is 3. The molecule has 1 N–H and O–H groups in total. The molecule has 3 heteroatoms. The summed E-state index contributed by atoms with van der Waals surface area (Å²) in [6.07, 6.45) is 1.50. The Labute approximate surface area is 82.4 Å². The van der Waals surface area contributed by atoms with Crippen LogP contribution in [-0.4, -0.2) is 11.1 Å². The van der Waals surface area contributed by atoms with Crippen molar-refractivity contribution in [3.05, 3.63) is 34.6 Å². The molecule has 2 nitrogen and oxygen atoms in total. The first-order chi connectivity index (χ1) is 6.56. The summed E-state index contributed by atoms with van der Waals surface area (Å²) < 4.78 is 13.4. The van der Waals surface area contributed by atoms with Crippen molar-refractivity contribution in [1.29, 1.82) is 0 Å². The van der Waals surface area contributed by atoms with Crippen LogP contribution in [0.4, 0.5) is 4.39 Å². The molecule has 0 aliphatic rings. The van der Waals surface area contributed by atoms with Crippen LogP contribution in [0.5, 0.6) is 0 Å². The van der Waals surface area contributed by atoms with Crippen molar-refractivity contribution in [3.63, 3.8) is 0 Å². The van der Waals surface area contributed by atoms with Gasteiger partial charge in [-0.25, -0.2) is 9.18 Å². The number of hydrogen-bond acceptors (Lipinski definition) is 1. The van der Waals surface area contributed by atoms with Gasteiger partial charge >= 0.3 is 5.97 Å². The number of aryl methyl sites for hydroxylation is 1. The predicted molar refractivity (Wildman–Crippen MR) is 52.1 cm³/mol. The highest BCUT2D eigenvalue weighted by Gasteiger charge is 2.10. The largest absolute Gasteiger partial charge is 0.478 e. The third-order valence-corrected chi connectivity index (χ3v) is 2.17. The van der Waals surface area contributed by atoms with Gasteiger partial charge in [-0.05, 0) is 36.6 Å². The molecule has 0 radical (unpaired) electrons. The molecule has 0 amide bonds. The molecule has 0 atom stereocenters. The van der Waals surface area contributed by atoms with Gasteiger partial charge in [0.25, 0.3) is 0 Å². The van der Waals surface area contributed by atoms with E-state index >= 15 is 0 Å². The zero-order valence-corrected chi connectivity index (χ0v) is 8.30. The van der Waals surface area contributed by atoms with Gasteiger partial charge in [-0.1, -0.05) is 13.3 Å². The van der Waals surface area contributed by atoms with Gasteiger partial charge in [0.1, 0.15) is 5.82 Å². The molecule has 76 valence electrons. The summed E-state index contributed by atoms with van der Waals surface area (Å²) in [5.41, 5.74) is 1.35. The third kappa shape index (κ3) is 2.10. The van der Waals surface area contributed by atoms with Crippen molar-refractivity contribution < 1.29 is 14.3 Å². The van der Waals surface area contributed by atoms with E-state index in [4.69, 9.17) is 5.11 Å². The Hall–Kier alpha value is -1.38. The lowest BCUT2D eigenvalue weighted by Crippen LogP contribution is -2.02. The zero-order chi connectivity index (χ0) is 10.7. The maximum absolute atomic E-state index is 13.4. The minimum Gasteiger partial charge on any atom is -0.478 e. The molecule has 0 aliphatic carbocycles. The summed E-state index contributed by atoms with van der Waals surface area (Å²) in [4.78, 5) is 10.6. The molecule has 0 saturated carbocycles. The fraction of sp³-hybridized carbons (Fsp3) is 0.364. The molecule has 14 heavy (non-hydrogen) atoms. The molecule has 1 aromatic rings. The Balaban J connectivity index is 3.18. The van der Waals surface area contributed by atoms with Gasteiger partial charge in [-0.3, -0.25) is 0 Å². The second-order valence-electron chi connectivity index (χ2n) is 3.31. The summed E-state index contributed by atoms with van der Waals surface area (Å²) in [5.74, 6) is -1.50. The normalized spacial score (nSPS) is 10.2. The molecular weight excluding hydrogens is 183 g/mol. The number of hydrogen-bond donors (Lipinski definition) is 1. The van der Waals surface area contributed by atoms with Crippen LogP contribution >= 0.6 is 0 Å². The average molecular weight is 196 g/mol. The van der Waals surface area contributed by atoms with Gasteiger partial charge in [0.2, 0.25) is 0 Å². The molecule has 0 spiro atoms. The molecule has 0 bridgehead atoms. The Bertz CT molecular complexity index is 335. The van der Waals surface area contributed by atoms with Crippen LogP contribution in [0.15, 0.2) is 12.1 Å². The lowest BCUT2D eigenvalue weighted by atomic mass is 10.0. The first-order valence-electron chi connectivity index (χ1n) is 4.58. The van der Waals surface area contributed by atoms with Crippen LogP contribution in [0.2, 0.25) is 0 Å². The average Bonchev–Trinajstić information content (AvgIpc) is 2.10. The summed E-state index contributed by atoms with van der Waals surface area (Å²) in [6, 6.07) is 2.59. The van der Waals surface area contributed by atoms with Gasteiger partial charge in [0.15, 0.2) is 0 Å². The van der Waals surface area contributed by atoms with Crippen LogP contribution in [0.25, 0.3) is 0 Å². The number of carboxylic acids is 1. The standard InChI is InChI=1S/C11H13FO2/c1-3-4-9-7(2)5-8(11(13)14)6-10(9)12/h5-6H,3-4H2,1-2H3,(H,13,14). The lowest BCUT2D eigenvalue weighted by Gasteiger charge is -2.07. The van der Waals surface area contributed by atoms with Crippen molar-refractivity contribution in [2.24, 2.45) is 0 Å². The van der Waals surface area contributed by atoms with Crippen LogP contribution in [0, 0.1) is 12.7 Å². The van der Waals surface area contributed by atoms with Crippen LogP contribution in [-0.2, 0) is 6.42 Å². The van der Waals surface area contributed by atoms with Gasteiger partial charge in [-0.15, -0.1) is 0 Å². The summed E-state index contributed by atoms with van der Waals surface area (Å²) >= 11 is 0. The van der Waals surface area contributed by atoms with Crippen LogP contribution < -0.4 is 0 Å². The van der Waals surface area contributed by atoms with Gasteiger partial charge in [0, 0.05) is 0 Å². The summed E-state index contributed by atoms with van der Waals surface area (Å²) in [7, 11) is 0. The van der Waals surface area contributed by atoms with Crippen molar-refractivity contribution in [2.45, 2.75) is 26.7 Å². The SMILES string of the molecule is CCCc1c(C)cc(C(=O)O)cc1F. The molecule has 0 heterocycles. The van der Waals surface area contributed by atoms with E-state index in [2.05, 4.69) is 0 Å². The quantitative estimate of drug-likeness (QED) is 0.807. The first kappa shape index (κ1) is 10.7. The fourth-order valence-electron chi connectivity index (χ4n) is 1.46. The minimum absolute atomic E-state index is 0.0138. The zero-order valence-electron chi connectivity index (χ0n) is 8.30. The number of aromatic carboxylic acids is 1. The van der Waals surface area contributed by atoms with Crippen molar-refractivity contribution >= 4 is 5.97 Å². The second-order valence-corrected chi connectivity index (χ2v) is 3.31. The van der Waals surface area contributed by atoms with E-state index in [0.29, 0.717) is 17.5 Å². The molecule has 0 aliphatic heterocycles. The molecule has 1 aromatic carbocycles. The van der Waals surface area contributed by atoms with Gasteiger partial charge in [-0.2, -0.15) is 0 Å². The molecule has 0 fully saturated rings. The second kappa shape index (κ2) is 4.22. The lowest BCUT2D eigenvalue weighted by molar-refractivity contribution is 0.0696. The predicted octanol–water partition coefficient (Wildman–Crippen LogP) is 2.78. The highest BCUT2D eigenvalue weighted by Crippen LogP contribution is 2.17. The third-order valence-electron chi connectivity index (χ3n) is 2.17. The van der Waals surface area contributed by atoms with E-state index in [1.807, 2.05) is 6.92 Å². The molecule has 0 saturated heterocycles. The fourth-order valence-corrected chi connectivity index (χ4v) is 1.46. The van der Waals surface area contributed by atoms with E-state index in [1.165, 1.54) is 6.07 Å². The van der Waals surface area contributed by atoms with Crippen LogP contribution in [0.3, 0.4) is 0 Å². The highest BCUT2D eigenvalue weighted by atomic mass is 19.1. The monoisotopic (exact) mass is 196 g/mol. The maximum Gasteiger partial charge on any atom is 0.335 e. The molecule has 0 unspecified atom stereocenters. The van der Waals surface area contributed by atoms with E-state index in [-0.39, 0.29) is 5.56 Å². The number of halogens is 1. The number of carboxylic acid groups (broad SMARTS) is 1. The molecular formula is C11H13FO2. The Kier molecular flexibility index (Phi) is 3.23. The van der Waals surface area contributed by atoms with E-state index in [1.54, 1.807) is 6.92 Å². The first-order valence-corrected chi connectivity index (χ1v) is 4.58. The summed E-state index contributed by atoms with van der Waals surface area (Å²) in [6.45, 7) is 3.70. The molecule has 0 aromatic heterocycles. The summed E-state index contributed by atoms with van der Waals surface area (Å²) in [5, 5.41) is 8.69. The van der Waals surface area contributed by atoms with E-state index < -0.39 is 11.8 Å². The van der Waals surface area contributed by atoms with E-state index in [9.17, 15) is 9.18 Å². The van der Waals surface area contributed by atoms with Gasteiger partial charge < -0.3 is 5.11 Å². The highest BCUT2D eigenvalue weighted by molar-refractivity contribution is 5.87. The number of carbonyl (C=O) groups is 1. The Morgan fingerprint density at radius 2 is 2.14 bits per heavy atom. The topological polar surface area (TPSA) is 37.3 Å². The maximum atomic E-state index is 13.4. The number of benzene rings is 1. The Morgan fingerprint density at radius 1 is 1.50 bits per heavy atom. The van der Waals surface area contributed by atoms with Crippen molar-refractivity contribution in [3.8, 4) is 0 Å². The minimum atomic E-state index is -1.09. The van der Waals surface area contributed by atoms with Crippen LogP contribution in [0.1, 0.15) is 34.8 Å². The van der Waals surface area contributed by atoms with Crippen molar-refractivity contribution in [1.82, 2.24) is 0 Å². The van der Waals surface area contributed by atoms with Gasteiger partial charge in [0.05, 0.1) is 5.56 Å².